The normalized spacial score (nSPS) is 19.1. The molecule has 40 heavy (non-hydrogen) atoms. The number of fused-ring (bicyclic) bond motifs is 1. The van der Waals surface area contributed by atoms with Gasteiger partial charge in [-0.25, -0.2) is 4.98 Å². The van der Waals surface area contributed by atoms with Crippen LogP contribution in [0.4, 0.5) is 0 Å². The molecule has 2 unspecified atom stereocenters. The first-order valence-corrected chi connectivity index (χ1v) is 14.0. The van der Waals surface area contributed by atoms with Gasteiger partial charge in [0.25, 0.3) is 5.56 Å². The molecule has 4 aromatic rings. The number of nitrogens with one attached hydrogen (secondary N) is 2. The number of hydrogen-bond donors (Lipinski definition) is 2. The number of rotatable bonds is 9. The molecule has 0 saturated carbocycles. The lowest BCUT2D eigenvalue weighted by Crippen LogP contribution is -2.50. The Morgan fingerprint density at radius 2 is 1.73 bits per heavy atom. The van der Waals surface area contributed by atoms with E-state index in [1.807, 2.05) is 41.0 Å². The average Bonchev–Trinajstić information content (AvgIpc) is 3.25. The summed E-state index contributed by atoms with van der Waals surface area (Å²) < 4.78 is 13.0. The molecule has 1 saturated heterocycles. The summed E-state index contributed by atoms with van der Waals surface area (Å²) in [6.07, 6.45) is 1.36. The fraction of sp³-hybridized carbons (Fsp3) is 0.375. The summed E-state index contributed by atoms with van der Waals surface area (Å²) in [5.41, 5.74) is 2.02. The maximum atomic E-state index is 13.7. The van der Waals surface area contributed by atoms with Crippen molar-refractivity contribution >= 4 is 22.5 Å². The molecule has 210 valence electrons. The molecule has 1 aliphatic heterocycles. The van der Waals surface area contributed by atoms with Crippen molar-refractivity contribution < 1.29 is 9.47 Å². The van der Waals surface area contributed by atoms with Crippen LogP contribution in [0.2, 0.25) is 5.02 Å². The van der Waals surface area contributed by atoms with Crippen LogP contribution < -0.4 is 25.7 Å². The molecule has 3 aromatic carbocycles. The molecule has 0 aliphatic carbocycles. The standard InChI is InChI=1S/C32H37ClN4O3/c1-21(18-32(34-20-31(2,3)36-32)23-14-25(39-4)17-26(15-23)40-5)13-29-35-28-16-24(33)11-12-27(28)30(38)37(29)19-22-9-7-6-8-10-22/h6-12,14-17,21,34,36H,13,18-20H2,1-5H3. The van der Waals surface area contributed by atoms with Crippen molar-refractivity contribution in [3.63, 3.8) is 0 Å². The number of halogens is 1. The molecule has 1 aliphatic rings. The molecule has 2 atom stereocenters. The Kier molecular flexibility index (Phi) is 7.91. The van der Waals surface area contributed by atoms with Crippen molar-refractivity contribution in [2.75, 3.05) is 20.8 Å². The lowest BCUT2D eigenvalue weighted by molar-refractivity contribution is 0.239. The molecule has 1 aromatic heterocycles. The van der Waals surface area contributed by atoms with Gasteiger partial charge in [-0.3, -0.25) is 20.0 Å². The third-order valence-corrected chi connectivity index (χ3v) is 7.83. The van der Waals surface area contributed by atoms with Crippen molar-refractivity contribution in [2.24, 2.45) is 5.92 Å². The number of ether oxygens (including phenoxy) is 2. The van der Waals surface area contributed by atoms with Gasteiger partial charge in [-0.05, 0) is 67.6 Å². The van der Waals surface area contributed by atoms with Gasteiger partial charge in [-0.2, -0.15) is 0 Å². The first-order valence-electron chi connectivity index (χ1n) is 13.6. The topological polar surface area (TPSA) is 77.4 Å². The molecule has 0 spiro atoms. The minimum absolute atomic E-state index is 0.0572. The lowest BCUT2D eigenvalue weighted by atomic mass is 9.87. The number of hydrogen-bond acceptors (Lipinski definition) is 6. The summed E-state index contributed by atoms with van der Waals surface area (Å²) in [5.74, 6) is 2.36. The van der Waals surface area contributed by atoms with E-state index in [0.717, 1.165) is 41.4 Å². The van der Waals surface area contributed by atoms with Crippen molar-refractivity contribution in [3.8, 4) is 11.5 Å². The zero-order valence-corrected chi connectivity index (χ0v) is 24.5. The number of benzene rings is 3. The molecule has 1 fully saturated rings. The SMILES string of the molecule is COc1cc(OC)cc(C2(CC(C)Cc3nc4cc(Cl)ccc4c(=O)n3Cc3ccccc3)NCC(C)(C)N2)c1. The molecular weight excluding hydrogens is 524 g/mol. The lowest BCUT2D eigenvalue weighted by Gasteiger charge is -2.36. The summed E-state index contributed by atoms with van der Waals surface area (Å²) in [6, 6.07) is 21.3. The molecule has 2 N–H and O–H groups in total. The first-order chi connectivity index (χ1) is 19.1. The highest BCUT2D eigenvalue weighted by molar-refractivity contribution is 6.31. The van der Waals surface area contributed by atoms with Crippen LogP contribution in [0.1, 0.15) is 44.1 Å². The second-order valence-corrected chi connectivity index (χ2v) is 11.9. The summed E-state index contributed by atoms with van der Waals surface area (Å²) in [5, 5.41) is 8.75. The summed E-state index contributed by atoms with van der Waals surface area (Å²) in [6.45, 7) is 7.83. The smallest absolute Gasteiger partial charge is 0.261 e. The van der Waals surface area contributed by atoms with E-state index in [2.05, 4.69) is 43.5 Å². The van der Waals surface area contributed by atoms with E-state index in [1.54, 1.807) is 32.4 Å². The van der Waals surface area contributed by atoms with Crippen molar-refractivity contribution in [3.05, 3.63) is 99.1 Å². The van der Waals surface area contributed by atoms with Crippen LogP contribution in [0.5, 0.6) is 11.5 Å². The molecule has 0 bridgehead atoms. The molecule has 8 heteroatoms. The highest BCUT2D eigenvalue weighted by Gasteiger charge is 2.44. The Labute approximate surface area is 240 Å². The molecule has 7 nitrogen and oxygen atoms in total. The highest BCUT2D eigenvalue weighted by atomic mass is 35.5. The Bertz CT molecular complexity index is 1550. The van der Waals surface area contributed by atoms with E-state index in [4.69, 9.17) is 26.1 Å². The summed E-state index contributed by atoms with van der Waals surface area (Å²) >= 11 is 6.29. The van der Waals surface area contributed by atoms with E-state index >= 15 is 0 Å². The van der Waals surface area contributed by atoms with Gasteiger partial charge in [0, 0.05) is 29.6 Å². The third kappa shape index (κ3) is 5.87. The molecule has 2 heterocycles. The third-order valence-electron chi connectivity index (χ3n) is 7.59. The van der Waals surface area contributed by atoms with Crippen molar-refractivity contribution in [1.29, 1.82) is 0 Å². The van der Waals surface area contributed by atoms with E-state index in [-0.39, 0.29) is 17.0 Å². The zero-order chi connectivity index (χ0) is 28.5. The molecule has 0 amide bonds. The van der Waals surface area contributed by atoms with Gasteiger partial charge in [-0.1, -0.05) is 48.9 Å². The van der Waals surface area contributed by atoms with E-state index < -0.39 is 5.66 Å². The van der Waals surface area contributed by atoms with E-state index in [9.17, 15) is 4.79 Å². The van der Waals surface area contributed by atoms with E-state index in [0.29, 0.717) is 28.9 Å². The van der Waals surface area contributed by atoms with Crippen LogP contribution in [0.15, 0.2) is 71.5 Å². The van der Waals surface area contributed by atoms with E-state index in [1.165, 1.54) is 0 Å². The number of aromatic nitrogens is 2. The van der Waals surface area contributed by atoms with Crippen LogP contribution in [0.25, 0.3) is 10.9 Å². The van der Waals surface area contributed by atoms with Crippen LogP contribution in [0, 0.1) is 5.92 Å². The van der Waals surface area contributed by atoms with Gasteiger partial charge in [0.05, 0.1) is 37.3 Å². The Morgan fingerprint density at radius 3 is 2.35 bits per heavy atom. The Morgan fingerprint density at radius 1 is 1.02 bits per heavy atom. The summed E-state index contributed by atoms with van der Waals surface area (Å²) in [7, 11) is 3.33. The summed E-state index contributed by atoms with van der Waals surface area (Å²) in [4.78, 5) is 18.7. The predicted octanol–water partition coefficient (Wildman–Crippen LogP) is 5.51. The number of nitrogens with zero attached hydrogens (tertiary/aromatic N) is 2. The fourth-order valence-electron chi connectivity index (χ4n) is 5.74. The first kappa shape index (κ1) is 28.1. The maximum absolute atomic E-state index is 13.7. The molecule has 5 rings (SSSR count). The second-order valence-electron chi connectivity index (χ2n) is 11.4. The van der Waals surface area contributed by atoms with Gasteiger partial charge in [0.1, 0.15) is 17.3 Å². The fourth-order valence-corrected chi connectivity index (χ4v) is 5.90. The number of methoxy groups -OCH3 is 2. The Balaban J connectivity index is 1.53. The monoisotopic (exact) mass is 560 g/mol. The predicted molar refractivity (Wildman–Crippen MR) is 160 cm³/mol. The van der Waals surface area contributed by atoms with Crippen LogP contribution in [-0.2, 0) is 18.6 Å². The van der Waals surface area contributed by atoms with Gasteiger partial charge >= 0.3 is 0 Å². The average molecular weight is 561 g/mol. The molecular formula is C32H37ClN4O3. The van der Waals surface area contributed by atoms with Crippen LogP contribution >= 0.6 is 11.6 Å². The minimum atomic E-state index is -0.518. The molecule has 0 radical (unpaired) electrons. The van der Waals surface area contributed by atoms with Crippen molar-refractivity contribution in [2.45, 2.75) is 51.4 Å². The van der Waals surface area contributed by atoms with Gasteiger partial charge in [-0.15, -0.1) is 0 Å². The zero-order valence-electron chi connectivity index (χ0n) is 23.8. The van der Waals surface area contributed by atoms with Crippen LogP contribution in [0.3, 0.4) is 0 Å². The quantitative estimate of drug-likeness (QED) is 0.281. The second kappa shape index (κ2) is 11.2. The van der Waals surface area contributed by atoms with Gasteiger partial charge in [0.2, 0.25) is 0 Å². The minimum Gasteiger partial charge on any atom is -0.497 e. The Hall–Kier alpha value is -3.39. The van der Waals surface area contributed by atoms with Gasteiger partial charge in [0.15, 0.2) is 0 Å². The van der Waals surface area contributed by atoms with Crippen molar-refractivity contribution in [1.82, 2.24) is 20.2 Å². The van der Waals surface area contributed by atoms with Crippen LogP contribution in [-0.4, -0.2) is 35.9 Å². The van der Waals surface area contributed by atoms with Gasteiger partial charge < -0.3 is 9.47 Å². The highest BCUT2D eigenvalue weighted by Crippen LogP contribution is 2.37. The maximum Gasteiger partial charge on any atom is 0.261 e. The largest absolute Gasteiger partial charge is 0.497 e.